The van der Waals surface area contributed by atoms with Gasteiger partial charge in [0.05, 0.1) is 5.69 Å². The maximum atomic E-state index is 14.7. The van der Waals surface area contributed by atoms with Crippen molar-refractivity contribution < 1.29 is 22.4 Å². The summed E-state index contributed by atoms with van der Waals surface area (Å²) in [5.74, 6) is -1.94. The van der Waals surface area contributed by atoms with Crippen LogP contribution in [0, 0.1) is 5.82 Å². The molecule has 0 saturated carbocycles. The van der Waals surface area contributed by atoms with Crippen LogP contribution in [0.2, 0.25) is 10.0 Å². The zero-order chi connectivity index (χ0) is 27.9. The highest BCUT2D eigenvalue weighted by Crippen LogP contribution is 2.28. The summed E-state index contributed by atoms with van der Waals surface area (Å²) < 4.78 is 42.6. The highest BCUT2D eigenvalue weighted by atomic mass is 35.5. The van der Waals surface area contributed by atoms with Gasteiger partial charge >= 0.3 is 10.2 Å². The van der Waals surface area contributed by atoms with Gasteiger partial charge in [0.2, 0.25) is 11.8 Å². The first kappa shape index (κ1) is 30.8. The molecule has 0 aliphatic carbocycles. The van der Waals surface area contributed by atoms with E-state index in [1.165, 1.54) is 37.2 Å². The summed E-state index contributed by atoms with van der Waals surface area (Å²) >= 11 is 12.7. The van der Waals surface area contributed by atoms with Crippen molar-refractivity contribution >= 4 is 50.9 Å². The lowest BCUT2D eigenvalue weighted by molar-refractivity contribution is -0.140. The Morgan fingerprint density at radius 2 is 1.59 bits per heavy atom. The van der Waals surface area contributed by atoms with Gasteiger partial charge in [-0.1, -0.05) is 55.2 Å². The second kappa shape index (κ2) is 13.4. The molecule has 2 rings (SSSR count). The molecule has 0 bridgehead atoms. The Bertz CT molecular complexity index is 1190. The van der Waals surface area contributed by atoms with Gasteiger partial charge in [0, 0.05) is 42.3 Å². The van der Waals surface area contributed by atoms with E-state index in [9.17, 15) is 22.4 Å². The van der Waals surface area contributed by atoms with Crippen LogP contribution < -0.4 is 9.62 Å². The quantitative estimate of drug-likeness (QED) is 0.405. The van der Waals surface area contributed by atoms with Gasteiger partial charge < -0.3 is 10.2 Å². The van der Waals surface area contributed by atoms with Gasteiger partial charge in [0.15, 0.2) is 0 Å². The van der Waals surface area contributed by atoms with Crippen LogP contribution in [0.1, 0.15) is 39.2 Å². The molecule has 0 aromatic heterocycles. The van der Waals surface area contributed by atoms with E-state index in [0.29, 0.717) is 16.3 Å². The molecular weight excluding hydrogens is 542 g/mol. The van der Waals surface area contributed by atoms with Crippen LogP contribution in [0.25, 0.3) is 0 Å². The summed E-state index contributed by atoms with van der Waals surface area (Å²) in [6.45, 7) is 4.58. The van der Waals surface area contributed by atoms with Crippen molar-refractivity contribution in [1.82, 2.24) is 14.5 Å². The van der Waals surface area contributed by atoms with Crippen molar-refractivity contribution in [2.75, 3.05) is 24.9 Å². The fraction of sp³-hybridized carbons (Fsp3) is 0.440. The number of benzene rings is 2. The molecular formula is C25H33Cl2FN4O4S. The molecule has 1 N–H and O–H groups in total. The van der Waals surface area contributed by atoms with E-state index >= 15 is 0 Å². The van der Waals surface area contributed by atoms with Gasteiger partial charge in [-0.2, -0.15) is 12.7 Å². The molecule has 0 saturated heterocycles. The number of hydrogen-bond acceptors (Lipinski definition) is 4. The molecule has 0 aliphatic rings. The lowest BCUT2D eigenvalue weighted by Gasteiger charge is -2.34. The molecule has 0 heterocycles. The van der Waals surface area contributed by atoms with Crippen LogP contribution in [-0.2, 0) is 26.3 Å². The molecule has 8 nitrogen and oxygen atoms in total. The Hall–Kier alpha value is -2.40. The third kappa shape index (κ3) is 7.56. The Balaban J connectivity index is 2.58. The first-order valence-electron chi connectivity index (χ1n) is 11.8. The fourth-order valence-corrected chi connectivity index (χ4v) is 5.15. The van der Waals surface area contributed by atoms with E-state index in [1.54, 1.807) is 25.1 Å². The fourth-order valence-electron chi connectivity index (χ4n) is 3.57. The maximum Gasteiger partial charge on any atom is 0.304 e. The molecule has 2 aromatic carbocycles. The number of anilines is 1. The van der Waals surface area contributed by atoms with E-state index in [-0.39, 0.29) is 34.7 Å². The van der Waals surface area contributed by atoms with Crippen LogP contribution in [0.3, 0.4) is 0 Å². The number of hydrogen-bond donors (Lipinski definition) is 1. The summed E-state index contributed by atoms with van der Waals surface area (Å²) in [4.78, 5) is 28.2. The van der Waals surface area contributed by atoms with Gasteiger partial charge in [-0.15, -0.1) is 0 Å². The largest absolute Gasteiger partial charge is 0.352 e. The van der Waals surface area contributed by atoms with Crippen LogP contribution in [0.4, 0.5) is 10.1 Å². The number of para-hydroxylation sites is 1. The van der Waals surface area contributed by atoms with Crippen molar-refractivity contribution in [3.63, 3.8) is 0 Å². The third-order valence-corrected chi connectivity index (χ3v) is 8.43. The predicted molar refractivity (Wildman–Crippen MR) is 145 cm³/mol. The molecule has 204 valence electrons. The molecule has 0 spiro atoms. The molecule has 12 heteroatoms. The lowest BCUT2D eigenvalue weighted by atomic mass is 10.1. The molecule has 2 amide bonds. The van der Waals surface area contributed by atoms with E-state index in [4.69, 9.17) is 23.2 Å². The van der Waals surface area contributed by atoms with Gasteiger partial charge in [-0.3, -0.25) is 9.59 Å². The minimum Gasteiger partial charge on any atom is -0.352 e. The number of carbonyl (C=O) groups excluding carboxylic acids is 2. The summed E-state index contributed by atoms with van der Waals surface area (Å²) in [5.41, 5.74) is 0.110. The first-order valence-corrected chi connectivity index (χ1v) is 14.0. The molecule has 2 aromatic rings. The molecule has 2 unspecified atom stereocenters. The first-order chi connectivity index (χ1) is 17.3. The minimum absolute atomic E-state index is 0.147. The normalized spacial score (nSPS) is 13.2. The second-order valence-corrected chi connectivity index (χ2v) is 11.6. The number of nitrogens with zero attached hydrogens (tertiary/aromatic N) is 3. The Morgan fingerprint density at radius 1 is 1.00 bits per heavy atom. The van der Waals surface area contributed by atoms with E-state index in [1.807, 2.05) is 13.8 Å². The average molecular weight is 576 g/mol. The summed E-state index contributed by atoms with van der Waals surface area (Å²) in [7, 11) is -1.72. The zero-order valence-electron chi connectivity index (χ0n) is 21.5. The van der Waals surface area contributed by atoms with E-state index < -0.39 is 40.4 Å². The molecule has 0 aliphatic heterocycles. The highest BCUT2D eigenvalue weighted by Gasteiger charge is 2.35. The summed E-state index contributed by atoms with van der Waals surface area (Å²) in [5, 5.41) is 3.45. The van der Waals surface area contributed by atoms with Crippen LogP contribution in [0.5, 0.6) is 0 Å². The van der Waals surface area contributed by atoms with Gasteiger partial charge in [0.1, 0.15) is 18.4 Å². The number of nitrogens with one attached hydrogen (secondary N) is 1. The smallest absolute Gasteiger partial charge is 0.304 e. The maximum absolute atomic E-state index is 14.7. The summed E-state index contributed by atoms with van der Waals surface area (Å²) in [6.07, 6.45) is 0.908. The summed E-state index contributed by atoms with van der Waals surface area (Å²) in [6, 6.07) is 9.01. The number of amides is 2. The van der Waals surface area contributed by atoms with Crippen molar-refractivity contribution in [3.8, 4) is 0 Å². The van der Waals surface area contributed by atoms with Crippen LogP contribution in [0.15, 0.2) is 42.5 Å². The predicted octanol–water partition coefficient (Wildman–Crippen LogP) is 4.47. The molecule has 0 radical (unpaired) electrons. The number of rotatable bonds is 12. The zero-order valence-corrected chi connectivity index (χ0v) is 23.9. The Kier molecular flexibility index (Phi) is 11.2. The SMILES string of the molecule is CCC(C)NC(=O)C(CC)N(Cc1c(Cl)cccc1Cl)C(=O)CN(c1ccccc1F)S(=O)(=O)N(C)C. The van der Waals surface area contributed by atoms with Crippen molar-refractivity contribution in [2.45, 2.75) is 52.2 Å². The van der Waals surface area contributed by atoms with Gasteiger partial charge in [-0.25, -0.2) is 8.70 Å². The standard InChI is InChI=1S/C25H33Cl2FN4O4S/c1-6-17(3)29-25(34)22(7-2)31(15-18-19(26)11-10-12-20(18)27)24(33)16-32(37(35,36)30(4)5)23-14-9-8-13-21(23)28/h8-14,17,22H,6-7,15-16H2,1-5H3,(H,29,34). The van der Waals surface area contributed by atoms with Crippen molar-refractivity contribution in [3.05, 3.63) is 63.9 Å². The van der Waals surface area contributed by atoms with Gasteiger partial charge in [-0.05, 0) is 44.0 Å². The molecule has 2 atom stereocenters. The van der Waals surface area contributed by atoms with E-state index in [0.717, 1.165) is 10.4 Å². The lowest BCUT2D eigenvalue weighted by Crippen LogP contribution is -2.54. The topological polar surface area (TPSA) is 90.0 Å². The minimum atomic E-state index is -4.28. The highest BCUT2D eigenvalue weighted by molar-refractivity contribution is 7.90. The van der Waals surface area contributed by atoms with Crippen LogP contribution in [-0.4, -0.2) is 62.2 Å². The third-order valence-electron chi connectivity index (χ3n) is 5.92. The van der Waals surface area contributed by atoms with E-state index in [2.05, 4.69) is 5.32 Å². The molecule has 37 heavy (non-hydrogen) atoms. The number of carbonyl (C=O) groups is 2. The van der Waals surface area contributed by atoms with Crippen molar-refractivity contribution in [1.29, 1.82) is 0 Å². The molecule has 0 fully saturated rings. The van der Waals surface area contributed by atoms with Crippen molar-refractivity contribution in [2.24, 2.45) is 0 Å². The monoisotopic (exact) mass is 574 g/mol. The van der Waals surface area contributed by atoms with Crippen LogP contribution >= 0.6 is 23.2 Å². The Labute approximate surface area is 228 Å². The number of halogens is 3. The second-order valence-electron chi connectivity index (χ2n) is 8.71. The Morgan fingerprint density at radius 3 is 2.11 bits per heavy atom. The van der Waals surface area contributed by atoms with Gasteiger partial charge in [0.25, 0.3) is 0 Å². The average Bonchev–Trinajstić information content (AvgIpc) is 2.84.